The van der Waals surface area contributed by atoms with Gasteiger partial charge < -0.3 is 10.8 Å². The van der Waals surface area contributed by atoms with Gasteiger partial charge in [0, 0.05) is 17.9 Å². The van der Waals surface area contributed by atoms with Crippen LogP contribution in [0.2, 0.25) is 0 Å². The summed E-state index contributed by atoms with van der Waals surface area (Å²) in [4.78, 5) is 0. The van der Waals surface area contributed by atoms with Crippen molar-refractivity contribution in [2.24, 2.45) is 5.73 Å². The minimum Gasteiger partial charge on any atom is -0.396 e. The normalized spacial score (nSPS) is 14.6. The van der Waals surface area contributed by atoms with E-state index in [-0.39, 0.29) is 23.7 Å². The fourth-order valence-corrected chi connectivity index (χ4v) is 2.97. The minimum absolute atomic E-state index is 0.0143. The van der Waals surface area contributed by atoms with Crippen molar-refractivity contribution in [3.8, 4) is 0 Å². The van der Waals surface area contributed by atoms with Crippen molar-refractivity contribution in [1.82, 2.24) is 0 Å². The average Bonchev–Trinajstić information content (AvgIpc) is 2.34. The Kier molecular flexibility index (Phi) is 6.55. The predicted molar refractivity (Wildman–Crippen MR) is 71.6 cm³/mol. The van der Waals surface area contributed by atoms with Gasteiger partial charge in [-0.15, -0.1) is 0 Å². The highest BCUT2D eigenvalue weighted by atomic mass is 32.2. The lowest BCUT2D eigenvalue weighted by molar-refractivity contribution is 0.296. The van der Waals surface area contributed by atoms with Crippen LogP contribution in [0.3, 0.4) is 0 Å². The second-order valence-corrected chi connectivity index (χ2v) is 5.25. The lowest BCUT2D eigenvalue weighted by Gasteiger charge is -2.23. The van der Waals surface area contributed by atoms with Gasteiger partial charge in [-0.1, -0.05) is 19.1 Å². The molecule has 0 saturated heterocycles. The molecule has 1 aromatic carbocycles. The maximum atomic E-state index is 13.2. The highest BCUT2D eigenvalue weighted by Gasteiger charge is 2.19. The Bertz CT molecular complexity index is 335. The van der Waals surface area contributed by atoms with Crippen molar-refractivity contribution >= 4 is 11.8 Å². The molecule has 0 bridgehead atoms. The van der Waals surface area contributed by atoms with Crippen molar-refractivity contribution in [2.75, 3.05) is 12.4 Å². The van der Waals surface area contributed by atoms with E-state index in [0.717, 1.165) is 24.2 Å². The summed E-state index contributed by atoms with van der Waals surface area (Å²) in [5, 5.41) is 8.88. The lowest BCUT2D eigenvalue weighted by atomic mass is 10.0. The van der Waals surface area contributed by atoms with Crippen LogP contribution in [0.1, 0.15) is 30.6 Å². The third-order valence-corrected chi connectivity index (χ3v) is 4.14. The van der Waals surface area contributed by atoms with Gasteiger partial charge in [0.25, 0.3) is 0 Å². The molecule has 1 rings (SSSR count). The van der Waals surface area contributed by atoms with E-state index in [1.54, 1.807) is 23.9 Å². The molecule has 1 aromatic rings. The van der Waals surface area contributed by atoms with Gasteiger partial charge in [-0.25, -0.2) is 4.39 Å². The second-order valence-electron chi connectivity index (χ2n) is 4.00. The van der Waals surface area contributed by atoms with Crippen LogP contribution in [0, 0.1) is 5.82 Å². The van der Waals surface area contributed by atoms with E-state index in [0.29, 0.717) is 0 Å². The van der Waals surface area contributed by atoms with Crippen molar-refractivity contribution in [3.05, 3.63) is 35.6 Å². The number of rotatable bonds is 7. The number of benzene rings is 1. The summed E-state index contributed by atoms with van der Waals surface area (Å²) in [5.74, 6) is 0.615. The summed E-state index contributed by atoms with van der Waals surface area (Å²) in [5.41, 5.74) is 7.01. The monoisotopic (exact) mass is 257 g/mol. The molecular weight excluding hydrogens is 237 g/mol. The SMILES string of the molecule is CCC(N)C(SCCCO)c1cccc(F)c1. The van der Waals surface area contributed by atoms with Gasteiger partial charge in [-0.2, -0.15) is 11.8 Å². The molecule has 2 atom stereocenters. The number of hydrogen-bond donors (Lipinski definition) is 2. The van der Waals surface area contributed by atoms with Crippen molar-refractivity contribution in [2.45, 2.75) is 31.1 Å². The Balaban J connectivity index is 2.74. The molecule has 17 heavy (non-hydrogen) atoms. The smallest absolute Gasteiger partial charge is 0.123 e. The molecular formula is C13H20FNOS. The van der Waals surface area contributed by atoms with E-state index < -0.39 is 0 Å². The Morgan fingerprint density at radius 1 is 1.47 bits per heavy atom. The highest BCUT2D eigenvalue weighted by molar-refractivity contribution is 7.99. The molecule has 4 heteroatoms. The Morgan fingerprint density at radius 3 is 2.82 bits per heavy atom. The molecule has 2 nitrogen and oxygen atoms in total. The van der Waals surface area contributed by atoms with E-state index in [2.05, 4.69) is 0 Å². The van der Waals surface area contributed by atoms with Gasteiger partial charge in [0.05, 0.1) is 0 Å². The maximum absolute atomic E-state index is 13.2. The fourth-order valence-electron chi connectivity index (χ4n) is 1.64. The van der Waals surface area contributed by atoms with E-state index in [9.17, 15) is 4.39 Å². The summed E-state index contributed by atoms with van der Waals surface area (Å²) in [7, 11) is 0. The van der Waals surface area contributed by atoms with E-state index in [1.165, 1.54) is 6.07 Å². The predicted octanol–water partition coefficient (Wildman–Crippen LogP) is 2.72. The Labute approximate surface area is 106 Å². The molecule has 0 spiro atoms. The molecule has 96 valence electrons. The maximum Gasteiger partial charge on any atom is 0.123 e. The number of hydrogen-bond acceptors (Lipinski definition) is 3. The number of aliphatic hydroxyl groups excluding tert-OH is 1. The largest absolute Gasteiger partial charge is 0.396 e. The van der Waals surface area contributed by atoms with Gasteiger partial charge in [0.2, 0.25) is 0 Å². The zero-order valence-corrected chi connectivity index (χ0v) is 10.9. The van der Waals surface area contributed by atoms with Gasteiger partial charge in [0.15, 0.2) is 0 Å². The molecule has 0 fully saturated rings. The van der Waals surface area contributed by atoms with Crippen molar-refractivity contribution in [1.29, 1.82) is 0 Å². The van der Waals surface area contributed by atoms with Crippen LogP contribution in [0.4, 0.5) is 4.39 Å². The standard InChI is InChI=1S/C13H20FNOS/c1-2-12(15)13(17-8-4-7-16)10-5-3-6-11(14)9-10/h3,5-6,9,12-13,16H,2,4,7-8,15H2,1H3. The first-order valence-corrected chi connectivity index (χ1v) is 6.97. The molecule has 0 amide bonds. The van der Waals surface area contributed by atoms with Crippen LogP contribution in [-0.2, 0) is 0 Å². The molecule has 2 unspecified atom stereocenters. The summed E-state index contributed by atoms with van der Waals surface area (Å²) in [6.45, 7) is 2.22. The van der Waals surface area contributed by atoms with Crippen LogP contribution < -0.4 is 5.73 Å². The number of halogens is 1. The molecule has 0 aliphatic heterocycles. The molecule has 0 heterocycles. The molecule has 0 saturated carbocycles. The molecule has 0 radical (unpaired) electrons. The van der Waals surface area contributed by atoms with E-state index in [1.807, 2.05) is 13.0 Å². The Morgan fingerprint density at radius 2 is 2.24 bits per heavy atom. The molecule has 0 aromatic heterocycles. The molecule has 3 N–H and O–H groups in total. The third-order valence-electron chi connectivity index (χ3n) is 2.64. The fraction of sp³-hybridized carbons (Fsp3) is 0.538. The second kappa shape index (κ2) is 7.69. The first kappa shape index (κ1) is 14.5. The molecule has 0 aliphatic rings. The van der Waals surface area contributed by atoms with E-state index >= 15 is 0 Å². The van der Waals surface area contributed by atoms with Gasteiger partial charge >= 0.3 is 0 Å². The van der Waals surface area contributed by atoms with Crippen LogP contribution >= 0.6 is 11.8 Å². The number of aliphatic hydroxyl groups is 1. The summed E-state index contributed by atoms with van der Waals surface area (Å²) in [6, 6.07) is 6.63. The van der Waals surface area contributed by atoms with Crippen LogP contribution in [0.5, 0.6) is 0 Å². The minimum atomic E-state index is -0.224. The average molecular weight is 257 g/mol. The zero-order chi connectivity index (χ0) is 12.7. The zero-order valence-electron chi connectivity index (χ0n) is 10.1. The highest BCUT2D eigenvalue weighted by Crippen LogP contribution is 2.33. The third kappa shape index (κ3) is 4.66. The van der Waals surface area contributed by atoms with Crippen LogP contribution in [-0.4, -0.2) is 23.5 Å². The van der Waals surface area contributed by atoms with Gasteiger partial charge in [-0.05, 0) is 36.3 Å². The van der Waals surface area contributed by atoms with Gasteiger partial charge in [-0.3, -0.25) is 0 Å². The topological polar surface area (TPSA) is 46.2 Å². The van der Waals surface area contributed by atoms with Crippen LogP contribution in [0.15, 0.2) is 24.3 Å². The van der Waals surface area contributed by atoms with Crippen molar-refractivity contribution in [3.63, 3.8) is 0 Å². The first-order chi connectivity index (χ1) is 8.19. The first-order valence-electron chi connectivity index (χ1n) is 5.92. The van der Waals surface area contributed by atoms with Gasteiger partial charge in [0.1, 0.15) is 5.82 Å². The summed E-state index contributed by atoms with van der Waals surface area (Å²) >= 11 is 1.69. The summed E-state index contributed by atoms with van der Waals surface area (Å²) in [6.07, 6.45) is 1.60. The Hall–Kier alpha value is -0.580. The molecule has 0 aliphatic carbocycles. The van der Waals surface area contributed by atoms with Crippen molar-refractivity contribution < 1.29 is 9.50 Å². The lowest BCUT2D eigenvalue weighted by Crippen LogP contribution is -2.26. The van der Waals surface area contributed by atoms with Crippen LogP contribution in [0.25, 0.3) is 0 Å². The number of thioether (sulfide) groups is 1. The quantitative estimate of drug-likeness (QED) is 0.738. The summed E-state index contributed by atoms with van der Waals surface area (Å²) < 4.78 is 13.2. The van der Waals surface area contributed by atoms with E-state index in [4.69, 9.17) is 10.8 Å². The number of nitrogens with two attached hydrogens (primary N) is 1.